The zero-order valence-electron chi connectivity index (χ0n) is 15.1. The molecule has 0 saturated carbocycles. The first-order valence-corrected chi connectivity index (χ1v) is 8.40. The summed E-state index contributed by atoms with van der Waals surface area (Å²) in [6, 6.07) is 18.2. The highest BCUT2D eigenvalue weighted by Crippen LogP contribution is 2.33. The van der Waals surface area contributed by atoms with Gasteiger partial charge in [0.25, 0.3) is 0 Å². The van der Waals surface area contributed by atoms with Gasteiger partial charge in [-0.1, -0.05) is 54.6 Å². The summed E-state index contributed by atoms with van der Waals surface area (Å²) in [7, 11) is 3.53. The zero-order chi connectivity index (χ0) is 18.0. The van der Waals surface area contributed by atoms with E-state index >= 15 is 0 Å². The van der Waals surface area contributed by atoms with E-state index in [0.717, 1.165) is 27.9 Å². The standard InChI is InChI=1S/C21H23N3O/c1-15-14-24(16(2)21(25)23(3)4)22-20(15)19-13-9-8-12-18(19)17-10-6-5-7-11-17/h5-14,16H,1-4H3. The smallest absolute Gasteiger partial charge is 0.246 e. The molecule has 0 aliphatic rings. The monoisotopic (exact) mass is 333 g/mol. The number of carbonyl (C=O) groups is 1. The maximum atomic E-state index is 12.3. The predicted molar refractivity (Wildman–Crippen MR) is 101 cm³/mol. The zero-order valence-corrected chi connectivity index (χ0v) is 15.1. The van der Waals surface area contributed by atoms with Crippen molar-refractivity contribution in [2.45, 2.75) is 19.9 Å². The highest BCUT2D eigenvalue weighted by atomic mass is 16.2. The van der Waals surface area contributed by atoms with Gasteiger partial charge in [0, 0.05) is 25.9 Å². The number of likely N-dealkylation sites (N-methyl/N-ethyl adjacent to an activating group) is 1. The molecule has 3 aromatic rings. The van der Waals surface area contributed by atoms with Gasteiger partial charge in [0.1, 0.15) is 6.04 Å². The van der Waals surface area contributed by atoms with Crippen LogP contribution in [0.4, 0.5) is 0 Å². The van der Waals surface area contributed by atoms with E-state index in [1.807, 2.05) is 50.4 Å². The van der Waals surface area contributed by atoms with Crippen LogP contribution >= 0.6 is 0 Å². The lowest BCUT2D eigenvalue weighted by molar-refractivity contribution is -0.131. The van der Waals surface area contributed by atoms with Gasteiger partial charge in [-0.3, -0.25) is 9.48 Å². The number of benzene rings is 2. The van der Waals surface area contributed by atoms with Gasteiger partial charge in [-0.25, -0.2) is 0 Å². The summed E-state index contributed by atoms with van der Waals surface area (Å²) in [5.74, 6) is 0.0328. The van der Waals surface area contributed by atoms with Crippen molar-refractivity contribution < 1.29 is 4.79 Å². The van der Waals surface area contributed by atoms with E-state index in [4.69, 9.17) is 5.10 Å². The van der Waals surface area contributed by atoms with Crippen LogP contribution in [-0.2, 0) is 4.79 Å². The highest BCUT2D eigenvalue weighted by molar-refractivity contribution is 5.83. The molecule has 1 amide bonds. The topological polar surface area (TPSA) is 38.1 Å². The van der Waals surface area contributed by atoms with Crippen LogP contribution in [0.25, 0.3) is 22.4 Å². The molecule has 0 bridgehead atoms. The van der Waals surface area contributed by atoms with Crippen molar-refractivity contribution >= 4 is 5.91 Å². The Morgan fingerprint density at radius 3 is 2.24 bits per heavy atom. The second-order valence-electron chi connectivity index (χ2n) is 6.46. The van der Waals surface area contributed by atoms with Crippen LogP contribution in [0.1, 0.15) is 18.5 Å². The lowest BCUT2D eigenvalue weighted by Gasteiger charge is -2.17. The first-order chi connectivity index (χ1) is 12.0. The molecule has 4 nitrogen and oxygen atoms in total. The summed E-state index contributed by atoms with van der Waals surface area (Å²) in [4.78, 5) is 13.9. The third kappa shape index (κ3) is 3.33. The molecule has 25 heavy (non-hydrogen) atoms. The SMILES string of the molecule is Cc1cn(C(C)C(=O)N(C)C)nc1-c1ccccc1-c1ccccc1. The minimum atomic E-state index is -0.327. The molecule has 0 N–H and O–H groups in total. The maximum Gasteiger partial charge on any atom is 0.246 e. The molecule has 1 unspecified atom stereocenters. The van der Waals surface area contributed by atoms with Gasteiger partial charge in [0.05, 0.1) is 5.69 Å². The van der Waals surface area contributed by atoms with Crippen molar-refractivity contribution in [1.29, 1.82) is 0 Å². The molecule has 0 aliphatic heterocycles. The molecule has 0 radical (unpaired) electrons. The highest BCUT2D eigenvalue weighted by Gasteiger charge is 2.20. The van der Waals surface area contributed by atoms with Crippen molar-refractivity contribution in [3.63, 3.8) is 0 Å². The largest absolute Gasteiger partial charge is 0.347 e. The van der Waals surface area contributed by atoms with Crippen molar-refractivity contribution in [2.24, 2.45) is 0 Å². The Hall–Kier alpha value is -2.88. The number of nitrogens with zero attached hydrogens (tertiary/aromatic N) is 3. The molecule has 1 heterocycles. The van der Waals surface area contributed by atoms with E-state index < -0.39 is 0 Å². The van der Waals surface area contributed by atoms with E-state index in [-0.39, 0.29) is 11.9 Å². The number of aryl methyl sites for hydroxylation is 1. The number of hydrogen-bond acceptors (Lipinski definition) is 2. The molecule has 1 atom stereocenters. The molecule has 0 spiro atoms. The van der Waals surface area contributed by atoms with Crippen molar-refractivity contribution in [3.8, 4) is 22.4 Å². The van der Waals surface area contributed by atoms with Crippen molar-refractivity contribution in [2.75, 3.05) is 14.1 Å². The summed E-state index contributed by atoms with van der Waals surface area (Å²) in [5.41, 5.74) is 5.35. The molecule has 1 aromatic heterocycles. The molecular formula is C21H23N3O. The Bertz CT molecular complexity index is 881. The number of rotatable bonds is 4. The number of aromatic nitrogens is 2. The average molecular weight is 333 g/mol. The third-order valence-electron chi connectivity index (χ3n) is 4.38. The maximum absolute atomic E-state index is 12.3. The van der Waals surface area contributed by atoms with Gasteiger partial charge < -0.3 is 4.90 Å². The fourth-order valence-electron chi connectivity index (χ4n) is 2.99. The molecule has 0 aliphatic carbocycles. The van der Waals surface area contributed by atoms with Gasteiger partial charge in [0.15, 0.2) is 0 Å². The summed E-state index contributed by atoms with van der Waals surface area (Å²) in [6.07, 6.45) is 1.95. The second kappa shape index (κ2) is 6.93. The lowest BCUT2D eigenvalue weighted by atomic mass is 9.96. The second-order valence-corrected chi connectivity index (χ2v) is 6.46. The minimum Gasteiger partial charge on any atom is -0.347 e. The quantitative estimate of drug-likeness (QED) is 0.718. The minimum absolute atomic E-state index is 0.0328. The first-order valence-electron chi connectivity index (χ1n) is 8.40. The molecule has 0 saturated heterocycles. The van der Waals surface area contributed by atoms with Crippen molar-refractivity contribution in [1.82, 2.24) is 14.7 Å². The van der Waals surface area contributed by atoms with Crippen LogP contribution in [0.2, 0.25) is 0 Å². The van der Waals surface area contributed by atoms with E-state index in [1.54, 1.807) is 23.7 Å². The predicted octanol–water partition coefficient (Wildman–Crippen LogP) is 4.17. The van der Waals surface area contributed by atoms with Crippen LogP contribution < -0.4 is 0 Å². The lowest BCUT2D eigenvalue weighted by Crippen LogP contribution is -2.30. The Balaban J connectivity index is 2.06. The molecule has 2 aromatic carbocycles. The van der Waals surface area contributed by atoms with Gasteiger partial charge in [-0.15, -0.1) is 0 Å². The molecule has 0 fully saturated rings. The van der Waals surface area contributed by atoms with Gasteiger partial charge in [-0.05, 0) is 30.5 Å². The average Bonchev–Trinajstić information content (AvgIpc) is 3.02. The third-order valence-corrected chi connectivity index (χ3v) is 4.38. The van der Waals surface area contributed by atoms with E-state index in [9.17, 15) is 4.79 Å². The Morgan fingerprint density at radius 2 is 1.60 bits per heavy atom. The van der Waals surface area contributed by atoms with Gasteiger partial charge in [0.2, 0.25) is 5.91 Å². The Labute approximate surface area is 148 Å². The summed E-state index contributed by atoms with van der Waals surface area (Å²) in [6.45, 7) is 3.91. The summed E-state index contributed by atoms with van der Waals surface area (Å²) >= 11 is 0. The molecule has 128 valence electrons. The summed E-state index contributed by atoms with van der Waals surface area (Å²) in [5, 5.41) is 4.74. The fraction of sp³-hybridized carbons (Fsp3) is 0.238. The number of carbonyl (C=O) groups excluding carboxylic acids is 1. The summed E-state index contributed by atoms with van der Waals surface area (Å²) < 4.78 is 1.76. The molecular weight excluding hydrogens is 310 g/mol. The van der Waals surface area contributed by atoms with Crippen LogP contribution in [0.5, 0.6) is 0 Å². The van der Waals surface area contributed by atoms with Crippen molar-refractivity contribution in [3.05, 3.63) is 66.4 Å². The van der Waals surface area contributed by atoms with Crippen LogP contribution in [0.3, 0.4) is 0 Å². The van der Waals surface area contributed by atoms with Crippen LogP contribution in [0.15, 0.2) is 60.8 Å². The Kier molecular flexibility index (Phi) is 4.70. The number of amides is 1. The van der Waals surface area contributed by atoms with Gasteiger partial charge >= 0.3 is 0 Å². The molecule has 4 heteroatoms. The van der Waals surface area contributed by atoms with Crippen LogP contribution in [-0.4, -0.2) is 34.7 Å². The fourth-order valence-corrected chi connectivity index (χ4v) is 2.99. The normalized spacial score (nSPS) is 12.0. The van der Waals surface area contributed by atoms with E-state index in [2.05, 4.69) is 24.3 Å². The van der Waals surface area contributed by atoms with Crippen LogP contribution in [0, 0.1) is 6.92 Å². The molecule has 3 rings (SSSR count). The van der Waals surface area contributed by atoms with E-state index in [0.29, 0.717) is 0 Å². The first kappa shape index (κ1) is 17.0. The number of hydrogen-bond donors (Lipinski definition) is 0. The van der Waals surface area contributed by atoms with Gasteiger partial charge in [-0.2, -0.15) is 5.10 Å². The van der Waals surface area contributed by atoms with E-state index in [1.165, 1.54) is 0 Å². The Morgan fingerprint density at radius 1 is 1.00 bits per heavy atom.